The quantitative estimate of drug-likeness (QED) is 0.264. The van der Waals surface area contributed by atoms with E-state index in [4.69, 9.17) is 9.16 Å². The van der Waals surface area contributed by atoms with Crippen LogP contribution in [0.25, 0.3) is 0 Å². The third kappa shape index (κ3) is 7.81. The summed E-state index contributed by atoms with van der Waals surface area (Å²) in [5.41, 5.74) is 2.26. The minimum atomic E-state index is -1.79. The zero-order valence-corrected chi connectivity index (χ0v) is 23.7. The molecule has 2 rings (SSSR count). The summed E-state index contributed by atoms with van der Waals surface area (Å²) in [6, 6.07) is 9.67. The molecule has 1 aromatic carbocycles. The summed E-state index contributed by atoms with van der Waals surface area (Å²) in [5, 5.41) is 0.196. The largest absolute Gasteiger partial charge is 0.447 e. The van der Waals surface area contributed by atoms with Gasteiger partial charge in [0.05, 0.1) is 6.04 Å². The number of ether oxygens (including phenoxy) is 1. The molecule has 0 saturated carbocycles. The molecule has 1 saturated heterocycles. The van der Waals surface area contributed by atoms with Gasteiger partial charge in [0.1, 0.15) is 6.61 Å². The van der Waals surface area contributed by atoms with E-state index in [1.54, 1.807) is 0 Å². The van der Waals surface area contributed by atoms with Crippen molar-refractivity contribution >= 4 is 20.3 Å². The van der Waals surface area contributed by atoms with Gasteiger partial charge in [0.15, 0.2) is 8.32 Å². The van der Waals surface area contributed by atoms with Crippen LogP contribution in [-0.2, 0) is 20.4 Å². The van der Waals surface area contributed by atoms with Crippen molar-refractivity contribution in [2.24, 2.45) is 11.8 Å². The Morgan fingerprint density at radius 2 is 1.82 bits per heavy atom. The normalized spacial score (nSPS) is 20.1. The van der Waals surface area contributed by atoms with Crippen LogP contribution in [0, 0.1) is 11.8 Å². The molecule has 190 valence electrons. The van der Waals surface area contributed by atoms with Gasteiger partial charge in [0.25, 0.3) is 0 Å². The van der Waals surface area contributed by atoms with Gasteiger partial charge in [-0.15, -0.1) is 0 Å². The number of hydrogen-bond donors (Lipinski definition) is 0. The second-order valence-electron chi connectivity index (χ2n) is 11.6. The molecule has 0 radical (unpaired) electrons. The molecular formula is C28H45NO4Si. The van der Waals surface area contributed by atoms with Crippen molar-refractivity contribution in [3.8, 4) is 0 Å². The van der Waals surface area contributed by atoms with Crippen LogP contribution in [0.15, 0.2) is 42.0 Å². The highest BCUT2D eigenvalue weighted by atomic mass is 28.4. The first-order valence-electron chi connectivity index (χ1n) is 12.6. The number of carbonyl (C=O) groups is 2. The number of carbonyl (C=O) groups excluding carboxylic acids is 2. The zero-order valence-electron chi connectivity index (χ0n) is 22.7. The summed E-state index contributed by atoms with van der Waals surface area (Å²) in [6.07, 6.45) is 4.11. The van der Waals surface area contributed by atoms with Crippen LogP contribution < -0.4 is 0 Å². The lowest BCUT2D eigenvalue weighted by Crippen LogP contribution is -2.43. The Bertz CT molecular complexity index is 859. The zero-order chi connectivity index (χ0) is 25.7. The van der Waals surface area contributed by atoms with Gasteiger partial charge in [-0.3, -0.25) is 4.79 Å². The number of allylic oxidation sites excluding steroid dienone is 2. The van der Waals surface area contributed by atoms with E-state index in [1.807, 2.05) is 37.3 Å². The Morgan fingerprint density at radius 3 is 2.41 bits per heavy atom. The minimum absolute atomic E-state index is 0.154. The second-order valence-corrected chi connectivity index (χ2v) is 16.4. The number of benzene rings is 1. The van der Waals surface area contributed by atoms with Crippen LogP contribution in [-0.4, -0.2) is 44.0 Å². The molecule has 1 fully saturated rings. The summed E-state index contributed by atoms with van der Waals surface area (Å²) < 4.78 is 11.8. The molecule has 34 heavy (non-hydrogen) atoms. The SMILES string of the molecule is C/C(=C\[C@H](C)C[C@H](C)O[Si](C)(C)C(C)(C)C)C[C@H](C)C(=O)N1C(=O)OC[C@H]1Cc1ccccc1. The summed E-state index contributed by atoms with van der Waals surface area (Å²) in [7, 11) is -1.79. The van der Waals surface area contributed by atoms with Gasteiger partial charge in [-0.1, -0.05) is 76.6 Å². The highest BCUT2D eigenvalue weighted by Crippen LogP contribution is 2.38. The van der Waals surface area contributed by atoms with Crippen LogP contribution >= 0.6 is 0 Å². The molecule has 1 aliphatic heterocycles. The number of amides is 2. The molecule has 0 N–H and O–H groups in total. The van der Waals surface area contributed by atoms with E-state index in [9.17, 15) is 9.59 Å². The Labute approximate surface area is 208 Å². The minimum Gasteiger partial charge on any atom is -0.447 e. The fourth-order valence-corrected chi connectivity index (χ4v) is 5.90. The lowest BCUT2D eigenvalue weighted by Gasteiger charge is -2.38. The summed E-state index contributed by atoms with van der Waals surface area (Å²) in [4.78, 5) is 26.9. The third-order valence-corrected chi connectivity index (χ3v) is 11.7. The number of cyclic esters (lactones) is 1. The van der Waals surface area contributed by atoms with Crippen molar-refractivity contribution in [3.63, 3.8) is 0 Å². The van der Waals surface area contributed by atoms with Crippen molar-refractivity contribution in [2.45, 2.75) is 98.0 Å². The lowest BCUT2D eigenvalue weighted by molar-refractivity contribution is -0.132. The lowest BCUT2D eigenvalue weighted by atomic mass is 9.95. The van der Waals surface area contributed by atoms with E-state index in [0.29, 0.717) is 18.8 Å². The van der Waals surface area contributed by atoms with E-state index in [1.165, 1.54) is 10.5 Å². The highest BCUT2D eigenvalue weighted by molar-refractivity contribution is 6.74. The van der Waals surface area contributed by atoms with E-state index < -0.39 is 14.4 Å². The smallest absolute Gasteiger partial charge is 0.416 e. The fraction of sp³-hybridized carbons (Fsp3) is 0.643. The molecule has 0 aliphatic carbocycles. The monoisotopic (exact) mass is 487 g/mol. The van der Waals surface area contributed by atoms with Gasteiger partial charge in [-0.2, -0.15) is 0 Å². The Balaban J connectivity index is 1.94. The van der Waals surface area contributed by atoms with Gasteiger partial charge in [0, 0.05) is 12.0 Å². The van der Waals surface area contributed by atoms with E-state index in [0.717, 1.165) is 12.0 Å². The first-order valence-corrected chi connectivity index (χ1v) is 15.5. The van der Waals surface area contributed by atoms with Crippen molar-refractivity contribution in [2.75, 3.05) is 6.61 Å². The number of rotatable bonds is 10. The van der Waals surface area contributed by atoms with E-state index >= 15 is 0 Å². The van der Waals surface area contributed by atoms with Crippen LogP contribution in [0.4, 0.5) is 4.79 Å². The summed E-state index contributed by atoms with van der Waals surface area (Å²) in [5.74, 6) is -0.0867. The summed E-state index contributed by atoms with van der Waals surface area (Å²) >= 11 is 0. The van der Waals surface area contributed by atoms with Crippen molar-refractivity contribution in [1.82, 2.24) is 4.90 Å². The molecule has 1 aliphatic rings. The van der Waals surface area contributed by atoms with E-state index in [2.05, 4.69) is 60.7 Å². The Hall–Kier alpha value is -1.92. The van der Waals surface area contributed by atoms with Crippen molar-refractivity contribution in [1.29, 1.82) is 0 Å². The molecule has 0 unspecified atom stereocenters. The maximum Gasteiger partial charge on any atom is 0.416 e. The molecule has 1 heterocycles. The predicted octanol–water partition coefficient (Wildman–Crippen LogP) is 6.99. The van der Waals surface area contributed by atoms with Crippen LogP contribution in [0.3, 0.4) is 0 Å². The van der Waals surface area contributed by atoms with Crippen LogP contribution in [0.5, 0.6) is 0 Å². The van der Waals surface area contributed by atoms with Crippen molar-refractivity contribution in [3.05, 3.63) is 47.5 Å². The topological polar surface area (TPSA) is 55.8 Å². The first kappa shape index (κ1) is 28.3. The van der Waals surface area contributed by atoms with Gasteiger partial charge in [-0.05, 0) is 62.7 Å². The average Bonchev–Trinajstić information content (AvgIpc) is 3.06. The maximum atomic E-state index is 13.2. The maximum absolute atomic E-state index is 13.2. The van der Waals surface area contributed by atoms with Gasteiger partial charge in [0.2, 0.25) is 5.91 Å². The first-order chi connectivity index (χ1) is 15.7. The highest BCUT2D eigenvalue weighted by Gasteiger charge is 2.40. The Kier molecular flexibility index (Phi) is 9.72. The van der Waals surface area contributed by atoms with Gasteiger partial charge < -0.3 is 9.16 Å². The molecule has 0 bridgehead atoms. The molecule has 1 aromatic rings. The Morgan fingerprint density at radius 1 is 1.21 bits per heavy atom. The molecule has 5 nitrogen and oxygen atoms in total. The standard InChI is InChI=1S/C28H45NO4Si/c1-20(15-21(2)17-23(4)33-34(8,9)28(5,6)7)16-22(3)26(30)29-25(19-32-27(29)31)18-24-13-11-10-12-14-24/h10-15,21-23,25H,16-19H2,1-9H3/b20-15+/t21-,22-,23-,25+/m0/s1. The second kappa shape index (κ2) is 11.7. The summed E-state index contributed by atoms with van der Waals surface area (Å²) in [6.45, 7) is 20.0. The van der Waals surface area contributed by atoms with Crippen LogP contribution in [0.2, 0.25) is 18.1 Å². The van der Waals surface area contributed by atoms with Gasteiger partial charge >= 0.3 is 6.09 Å². The van der Waals surface area contributed by atoms with Gasteiger partial charge in [-0.25, -0.2) is 9.69 Å². The van der Waals surface area contributed by atoms with Crippen LogP contribution in [0.1, 0.15) is 66.9 Å². The number of hydrogen-bond acceptors (Lipinski definition) is 4. The fourth-order valence-electron chi connectivity index (χ4n) is 4.45. The predicted molar refractivity (Wildman–Crippen MR) is 141 cm³/mol. The molecule has 0 aromatic heterocycles. The average molecular weight is 488 g/mol. The number of nitrogens with zero attached hydrogens (tertiary/aromatic N) is 1. The van der Waals surface area contributed by atoms with Crippen molar-refractivity contribution < 1.29 is 18.8 Å². The third-order valence-electron chi connectivity index (χ3n) is 7.14. The molecule has 2 amide bonds. The number of imide groups is 1. The van der Waals surface area contributed by atoms with E-state index in [-0.39, 0.29) is 35.6 Å². The molecule has 6 heteroatoms. The molecule has 4 atom stereocenters. The molecule has 0 spiro atoms. The molecular weight excluding hydrogens is 442 g/mol.